The summed E-state index contributed by atoms with van der Waals surface area (Å²) in [4.78, 5) is 11.4. The number of rotatable bonds is 5. The van der Waals surface area contributed by atoms with Crippen molar-refractivity contribution in [1.29, 1.82) is 0 Å². The summed E-state index contributed by atoms with van der Waals surface area (Å²) in [5.74, 6) is 0.500. The first-order valence-corrected chi connectivity index (χ1v) is 5.58. The minimum absolute atomic E-state index is 0.0590. The molecule has 0 atom stereocenters. The molecule has 2 N–H and O–H groups in total. The first-order chi connectivity index (χ1) is 7.27. The van der Waals surface area contributed by atoms with Crippen LogP contribution in [0.1, 0.15) is 10.4 Å². The smallest absolute Gasteiger partial charge is 0.251 e. The van der Waals surface area contributed by atoms with Crippen molar-refractivity contribution in [3.8, 4) is 5.75 Å². The Morgan fingerprint density at radius 3 is 2.60 bits per heavy atom. The van der Waals surface area contributed by atoms with E-state index in [1.165, 1.54) is 0 Å². The molecule has 82 valence electrons. The Morgan fingerprint density at radius 1 is 1.40 bits per heavy atom. The van der Waals surface area contributed by atoms with Gasteiger partial charge in [0.25, 0.3) is 5.91 Å². The molecule has 0 aliphatic rings. The van der Waals surface area contributed by atoms with Crippen LogP contribution in [0.4, 0.5) is 0 Å². The summed E-state index contributed by atoms with van der Waals surface area (Å²) >= 11 is 3.14. The van der Waals surface area contributed by atoms with E-state index in [9.17, 15) is 4.79 Å². The minimum atomic E-state index is -0.200. The number of hydrogen-bond acceptors (Lipinski definition) is 3. The van der Waals surface area contributed by atoms with Crippen LogP contribution in [0.15, 0.2) is 24.3 Å². The number of carbonyl (C=O) groups is 1. The number of aliphatic hydroxyl groups is 1. The zero-order chi connectivity index (χ0) is 11.1. The molecule has 0 unspecified atom stereocenters. The summed E-state index contributed by atoms with van der Waals surface area (Å²) in [6.45, 7) is 0.203. The normalized spacial score (nSPS) is 9.73. The number of alkyl halides is 1. The van der Waals surface area contributed by atoms with Crippen molar-refractivity contribution in [1.82, 2.24) is 5.32 Å². The molecule has 0 aromatic heterocycles. The standard InChI is InChI=1S/C10H12BrNO3/c11-7-15-9-3-1-8(2-4-9)10(14)12-5-6-13/h1-4,13H,5-7H2,(H,12,14). The van der Waals surface area contributed by atoms with Crippen LogP contribution in [0, 0.1) is 0 Å². The van der Waals surface area contributed by atoms with Crippen LogP contribution in [0.2, 0.25) is 0 Å². The fourth-order valence-corrected chi connectivity index (χ4v) is 1.30. The highest BCUT2D eigenvalue weighted by atomic mass is 79.9. The van der Waals surface area contributed by atoms with Gasteiger partial charge in [-0.05, 0) is 40.2 Å². The molecule has 0 fully saturated rings. The van der Waals surface area contributed by atoms with Crippen LogP contribution in [-0.2, 0) is 0 Å². The topological polar surface area (TPSA) is 58.6 Å². The zero-order valence-electron chi connectivity index (χ0n) is 8.07. The van der Waals surface area contributed by atoms with Crippen molar-refractivity contribution in [3.63, 3.8) is 0 Å². The molecule has 1 aromatic carbocycles. The number of hydrogen-bond donors (Lipinski definition) is 2. The number of nitrogens with one attached hydrogen (secondary N) is 1. The van der Waals surface area contributed by atoms with Crippen molar-refractivity contribution in [2.45, 2.75) is 0 Å². The summed E-state index contributed by atoms with van der Waals surface area (Å²) in [6.07, 6.45) is 0. The molecule has 1 rings (SSSR count). The third kappa shape index (κ3) is 3.89. The molecule has 0 radical (unpaired) electrons. The van der Waals surface area contributed by atoms with Crippen LogP contribution in [0.3, 0.4) is 0 Å². The van der Waals surface area contributed by atoms with Gasteiger partial charge >= 0.3 is 0 Å². The van der Waals surface area contributed by atoms with E-state index in [4.69, 9.17) is 9.84 Å². The maximum absolute atomic E-state index is 11.4. The Morgan fingerprint density at radius 2 is 2.07 bits per heavy atom. The molecule has 1 aromatic rings. The lowest BCUT2D eigenvalue weighted by Crippen LogP contribution is -2.26. The zero-order valence-corrected chi connectivity index (χ0v) is 9.66. The molecule has 0 saturated carbocycles. The predicted octanol–water partition coefficient (Wildman–Crippen LogP) is 1.14. The molecule has 1 amide bonds. The van der Waals surface area contributed by atoms with E-state index in [1.54, 1.807) is 24.3 Å². The highest BCUT2D eigenvalue weighted by molar-refractivity contribution is 9.09. The van der Waals surface area contributed by atoms with Gasteiger partial charge in [-0.15, -0.1) is 0 Å². The SMILES string of the molecule is O=C(NCCO)c1ccc(OCBr)cc1. The molecular formula is C10H12BrNO3. The number of carbonyl (C=O) groups excluding carboxylic acids is 1. The van der Waals surface area contributed by atoms with Gasteiger partial charge < -0.3 is 15.2 Å². The third-order valence-electron chi connectivity index (χ3n) is 1.74. The van der Waals surface area contributed by atoms with Crippen molar-refractivity contribution in [3.05, 3.63) is 29.8 Å². The van der Waals surface area contributed by atoms with E-state index in [1.807, 2.05) is 0 Å². The lowest BCUT2D eigenvalue weighted by atomic mass is 10.2. The van der Waals surface area contributed by atoms with E-state index in [2.05, 4.69) is 21.2 Å². The summed E-state index contributed by atoms with van der Waals surface area (Å²) in [7, 11) is 0. The highest BCUT2D eigenvalue weighted by Crippen LogP contribution is 2.12. The Hall–Kier alpha value is -1.07. The fraction of sp³-hybridized carbons (Fsp3) is 0.300. The molecule has 15 heavy (non-hydrogen) atoms. The predicted molar refractivity (Wildman–Crippen MR) is 60.3 cm³/mol. The molecule has 0 saturated heterocycles. The number of amides is 1. The van der Waals surface area contributed by atoms with Gasteiger partial charge in [0.05, 0.1) is 6.61 Å². The maximum Gasteiger partial charge on any atom is 0.251 e. The number of aliphatic hydroxyl groups excluding tert-OH is 1. The number of halogens is 1. The summed E-state index contributed by atoms with van der Waals surface area (Å²) < 4.78 is 5.17. The van der Waals surface area contributed by atoms with E-state index >= 15 is 0 Å². The molecule has 0 heterocycles. The Kier molecular flexibility index (Phi) is 5.14. The van der Waals surface area contributed by atoms with Crippen molar-refractivity contribution < 1.29 is 14.6 Å². The molecule has 0 aliphatic carbocycles. The Balaban J connectivity index is 2.58. The van der Waals surface area contributed by atoms with Crippen molar-refractivity contribution in [2.24, 2.45) is 0 Å². The summed E-state index contributed by atoms with van der Waals surface area (Å²) in [5, 5.41) is 11.1. The van der Waals surface area contributed by atoms with E-state index < -0.39 is 0 Å². The van der Waals surface area contributed by atoms with Gasteiger partial charge in [-0.3, -0.25) is 4.79 Å². The molecule has 0 aliphatic heterocycles. The second kappa shape index (κ2) is 6.42. The molecule has 0 bridgehead atoms. The Labute approximate surface area is 96.4 Å². The van der Waals surface area contributed by atoms with Crippen molar-refractivity contribution in [2.75, 3.05) is 18.7 Å². The second-order valence-electron chi connectivity index (χ2n) is 2.76. The molecule has 4 nitrogen and oxygen atoms in total. The van der Waals surface area contributed by atoms with Crippen LogP contribution >= 0.6 is 15.9 Å². The third-order valence-corrected chi connectivity index (χ3v) is 1.96. The second-order valence-corrected chi connectivity index (χ2v) is 3.22. The van der Waals surface area contributed by atoms with Gasteiger partial charge in [0.2, 0.25) is 0 Å². The van der Waals surface area contributed by atoms with Crippen molar-refractivity contribution >= 4 is 21.8 Å². The lowest BCUT2D eigenvalue weighted by Gasteiger charge is -2.04. The van der Waals surface area contributed by atoms with Gasteiger partial charge in [-0.1, -0.05) is 0 Å². The number of ether oxygens (including phenoxy) is 1. The van der Waals surface area contributed by atoms with Crippen LogP contribution in [-0.4, -0.2) is 29.7 Å². The van der Waals surface area contributed by atoms with Crippen LogP contribution < -0.4 is 10.1 Å². The van der Waals surface area contributed by atoms with Gasteiger partial charge in [0, 0.05) is 12.1 Å². The molecule has 0 spiro atoms. The quantitative estimate of drug-likeness (QED) is 0.792. The van der Waals surface area contributed by atoms with Gasteiger partial charge in [-0.25, -0.2) is 0 Å². The highest BCUT2D eigenvalue weighted by Gasteiger charge is 2.03. The summed E-state index contributed by atoms with van der Waals surface area (Å²) in [6, 6.07) is 6.78. The van der Waals surface area contributed by atoms with Gasteiger partial charge in [-0.2, -0.15) is 0 Å². The van der Waals surface area contributed by atoms with Gasteiger partial charge in [0.15, 0.2) is 0 Å². The fourth-order valence-electron chi connectivity index (χ4n) is 1.04. The minimum Gasteiger partial charge on any atom is -0.482 e. The van der Waals surface area contributed by atoms with E-state index in [0.29, 0.717) is 16.8 Å². The Bertz CT molecular complexity index is 313. The van der Waals surface area contributed by atoms with E-state index in [-0.39, 0.29) is 19.1 Å². The average molecular weight is 274 g/mol. The monoisotopic (exact) mass is 273 g/mol. The largest absolute Gasteiger partial charge is 0.482 e. The molecular weight excluding hydrogens is 262 g/mol. The summed E-state index contributed by atoms with van der Waals surface area (Å²) in [5.41, 5.74) is 0.966. The maximum atomic E-state index is 11.4. The average Bonchev–Trinajstić information content (AvgIpc) is 2.27. The first-order valence-electron chi connectivity index (χ1n) is 4.46. The van der Waals surface area contributed by atoms with E-state index in [0.717, 1.165) is 0 Å². The molecule has 5 heteroatoms. The van der Waals surface area contributed by atoms with Gasteiger partial charge in [0.1, 0.15) is 11.3 Å². The first kappa shape index (κ1) is 12.0. The number of benzene rings is 1. The van der Waals surface area contributed by atoms with Crippen LogP contribution in [0.5, 0.6) is 5.75 Å². The van der Waals surface area contributed by atoms with Crippen LogP contribution in [0.25, 0.3) is 0 Å². The lowest BCUT2D eigenvalue weighted by molar-refractivity contribution is 0.0945.